The Morgan fingerprint density at radius 1 is 1.48 bits per heavy atom. The summed E-state index contributed by atoms with van der Waals surface area (Å²) < 4.78 is 0. The summed E-state index contributed by atoms with van der Waals surface area (Å²) in [7, 11) is 0. The average molecular weight is 293 g/mol. The number of unbranched alkanes of at least 4 members (excludes halogenated alkanes) is 1. The number of hydrogen-bond acceptors (Lipinski definition) is 6. The maximum atomic E-state index is 11.0. The average Bonchev–Trinajstić information content (AvgIpc) is 2.47. The third kappa shape index (κ3) is 4.21. The van der Waals surface area contributed by atoms with Crippen LogP contribution < -0.4 is 16.0 Å². The van der Waals surface area contributed by atoms with Crippen LogP contribution >= 0.6 is 0 Å². The van der Waals surface area contributed by atoms with Crippen LogP contribution in [-0.2, 0) is 4.79 Å². The second-order valence-electron chi connectivity index (χ2n) is 5.35. The van der Waals surface area contributed by atoms with Crippen LogP contribution in [0.25, 0.3) is 0 Å². The molecule has 0 aromatic carbocycles. The summed E-state index contributed by atoms with van der Waals surface area (Å²) in [6, 6.07) is 1.88. The van der Waals surface area contributed by atoms with Crippen LogP contribution in [0.3, 0.4) is 0 Å². The van der Waals surface area contributed by atoms with Gasteiger partial charge >= 0.3 is 5.97 Å². The highest BCUT2D eigenvalue weighted by Gasteiger charge is 2.25. The van der Waals surface area contributed by atoms with E-state index in [1.807, 2.05) is 6.07 Å². The quantitative estimate of drug-likeness (QED) is 0.684. The van der Waals surface area contributed by atoms with Gasteiger partial charge in [-0.2, -0.15) is 9.97 Å². The van der Waals surface area contributed by atoms with Crippen LogP contribution in [0.1, 0.15) is 32.6 Å². The predicted octanol–water partition coefficient (Wildman–Crippen LogP) is 1.57. The van der Waals surface area contributed by atoms with Crippen LogP contribution in [0.2, 0.25) is 0 Å². The lowest BCUT2D eigenvalue weighted by Gasteiger charge is -2.31. The number of rotatable bonds is 6. The second-order valence-corrected chi connectivity index (χ2v) is 5.35. The summed E-state index contributed by atoms with van der Waals surface area (Å²) in [6.07, 6.45) is 3.46. The molecule has 1 aromatic rings. The number of piperidine rings is 1. The summed E-state index contributed by atoms with van der Waals surface area (Å²) in [5.41, 5.74) is 5.76. The molecule has 2 heterocycles. The topological polar surface area (TPSA) is 104 Å². The van der Waals surface area contributed by atoms with Crippen molar-refractivity contribution >= 4 is 23.6 Å². The molecule has 0 atom stereocenters. The molecule has 2 rings (SSSR count). The van der Waals surface area contributed by atoms with Gasteiger partial charge in [0.05, 0.1) is 5.92 Å². The number of anilines is 3. The lowest BCUT2D eigenvalue weighted by molar-refractivity contribution is -0.142. The lowest BCUT2D eigenvalue weighted by Crippen LogP contribution is -2.37. The SMILES string of the molecule is CCCCNc1cc(N2CCC(C(=O)O)CC2)nc(N)n1. The van der Waals surface area contributed by atoms with E-state index in [1.165, 1.54) is 0 Å². The molecule has 7 nitrogen and oxygen atoms in total. The highest BCUT2D eigenvalue weighted by atomic mass is 16.4. The van der Waals surface area contributed by atoms with Gasteiger partial charge in [-0.15, -0.1) is 0 Å². The first kappa shape index (κ1) is 15.3. The molecule has 0 unspecified atom stereocenters. The molecule has 1 fully saturated rings. The van der Waals surface area contributed by atoms with Gasteiger partial charge in [0.25, 0.3) is 0 Å². The zero-order valence-electron chi connectivity index (χ0n) is 12.4. The zero-order chi connectivity index (χ0) is 15.2. The van der Waals surface area contributed by atoms with Gasteiger partial charge in [-0.3, -0.25) is 4.79 Å². The molecule has 21 heavy (non-hydrogen) atoms. The molecule has 1 aliphatic rings. The molecule has 7 heteroatoms. The van der Waals surface area contributed by atoms with Crippen LogP contribution in [0.4, 0.5) is 17.6 Å². The van der Waals surface area contributed by atoms with Gasteiger partial charge in [0.2, 0.25) is 5.95 Å². The Kier molecular flexibility index (Phi) is 5.19. The van der Waals surface area contributed by atoms with Crippen LogP contribution in [-0.4, -0.2) is 40.7 Å². The Balaban J connectivity index is 2.01. The summed E-state index contributed by atoms with van der Waals surface area (Å²) in [5, 5.41) is 12.3. The third-order valence-corrected chi connectivity index (χ3v) is 3.73. The number of hydrogen-bond donors (Lipinski definition) is 3. The third-order valence-electron chi connectivity index (χ3n) is 3.73. The lowest BCUT2D eigenvalue weighted by atomic mass is 9.97. The second kappa shape index (κ2) is 7.10. The summed E-state index contributed by atoms with van der Waals surface area (Å²) >= 11 is 0. The van der Waals surface area contributed by atoms with Crippen LogP contribution in [0.15, 0.2) is 6.07 Å². The van der Waals surface area contributed by atoms with Crippen molar-refractivity contribution < 1.29 is 9.90 Å². The molecule has 4 N–H and O–H groups in total. The first-order valence-corrected chi connectivity index (χ1v) is 7.46. The Morgan fingerprint density at radius 3 is 2.81 bits per heavy atom. The van der Waals surface area contributed by atoms with Gasteiger partial charge in [0, 0.05) is 25.7 Å². The zero-order valence-corrected chi connectivity index (χ0v) is 12.4. The predicted molar refractivity (Wildman–Crippen MR) is 82.4 cm³/mol. The fraction of sp³-hybridized carbons (Fsp3) is 0.643. The van der Waals surface area contributed by atoms with Gasteiger partial charge in [-0.05, 0) is 19.3 Å². The number of aliphatic carboxylic acids is 1. The van der Waals surface area contributed by atoms with Crippen molar-refractivity contribution in [3.8, 4) is 0 Å². The van der Waals surface area contributed by atoms with Gasteiger partial charge in [-0.1, -0.05) is 13.3 Å². The van der Waals surface area contributed by atoms with E-state index in [0.717, 1.165) is 31.0 Å². The van der Waals surface area contributed by atoms with Crippen molar-refractivity contribution in [3.63, 3.8) is 0 Å². The molecule has 0 saturated carbocycles. The smallest absolute Gasteiger partial charge is 0.306 e. The van der Waals surface area contributed by atoms with Gasteiger partial charge in [-0.25, -0.2) is 0 Å². The monoisotopic (exact) mass is 293 g/mol. The Morgan fingerprint density at radius 2 is 2.19 bits per heavy atom. The fourth-order valence-electron chi connectivity index (χ4n) is 2.45. The highest BCUT2D eigenvalue weighted by Crippen LogP contribution is 2.24. The van der Waals surface area contributed by atoms with Crippen LogP contribution in [0.5, 0.6) is 0 Å². The summed E-state index contributed by atoms with van der Waals surface area (Å²) in [5.74, 6) is 0.782. The molecule has 116 valence electrons. The van der Waals surface area contributed by atoms with Crippen molar-refractivity contribution in [1.29, 1.82) is 0 Å². The first-order chi connectivity index (χ1) is 10.1. The van der Waals surface area contributed by atoms with Gasteiger partial charge in [0.15, 0.2) is 0 Å². The molecule has 0 aliphatic carbocycles. The highest BCUT2D eigenvalue weighted by molar-refractivity contribution is 5.70. The van der Waals surface area contributed by atoms with E-state index >= 15 is 0 Å². The van der Waals surface area contributed by atoms with Crippen LogP contribution in [0, 0.1) is 5.92 Å². The number of nitrogen functional groups attached to an aromatic ring is 1. The molecule has 1 aromatic heterocycles. The van der Waals surface area contributed by atoms with E-state index in [-0.39, 0.29) is 11.9 Å². The number of carboxylic acid groups (broad SMARTS) is 1. The van der Waals surface area contributed by atoms with Crippen molar-refractivity contribution in [2.24, 2.45) is 5.92 Å². The first-order valence-electron chi connectivity index (χ1n) is 7.46. The van der Waals surface area contributed by atoms with E-state index in [0.29, 0.717) is 25.9 Å². The minimum Gasteiger partial charge on any atom is -0.481 e. The molecule has 0 radical (unpaired) electrons. The van der Waals surface area contributed by atoms with E-state index in [1.54, 1.807) is 0 Å². The molecule has 0 amide bonds. The van der Waals surface area contributed by atoms with Crippen molar-refractivity contribution in [2.45, 2.75) is 32.6 Å². The van der Waals surface area contributed by atoms with Gasteiger partial charge in [0.1, 0.15) is 11.6 Å². The van der Waals surface area contributed by atoms with E-state index < -0.39 is 5.97 Å². The van der Waals surface area contributed by atoms with E-state index in [4.69, 9.17) is 10.8 Å². The normalized spacial score (nSPS) is 16.0. The minimum absolute atomic E-state index is 0.242. The Hall–Kier alpha value is -2.05. The molecular weight excluding hydrogens is 270 g/mol. The van der Waals surface area contributed by atoms with E-state index in [9.17, 15) is 4.79 Å². The maximum absolute atomic E-state index is 11.0. The maximum Gasteiger partial charge on any atom is 0.306 e. The number of nitrogens with zero attached hydrogens (tertiary/aromatic N) is 3. The van der Waals surface area contributed by atoms with E-state index in [2.05, 4.69) is 27.1 Å². The molecule has 0 bridgehead atoms. The number of carboxylic acids is 1. The molecule has 1 aliphatic heterocycles. The molecule has 1 saturated heterocycles. The van der Waals surface area contributed by atoms with Crippen molar-refractivity contribution in [2.75, 3.05) is 35.6 Å². The minimum atomic E-state index is -0.709. The van der Waals surface area contributed by atoms with Crippen molar-refractivity contribution in [3.05, 3.63) is 6.07 Å². The fourth-order valence-corrected chi connectivity index (χ4v) is 2.45. The molecular formula is C14H23N5O2. The Labute approximate surface area is 124 Å². The summed E-state index contributed by atoms with van der Waals surface area (Å²) in [4.78, 5) is 21.5. The number of nitrogens with two attached hydrogens (primary N) is 1. The standard InChI is InChI=1S/C14H23N5O2/c1-2-3-6-16-11-9-12(18-14(15)17-11)19-7-4-10(5-8-19)13(20)21/h9-10H,2-8H2,1H3,(H,20,21)(H3,15,16,17,18). The Bertz CT molecular complexity index is 486. The van der Waals surface area contributed by atoms with Gasteiger partial charge < -0.3 is 21.1 Å². The number of carbonyl (C=O) groups is 1. The summed E-state index contributed by atoms with van der Waals surface area (Å²) in [6.45, 7) is 4.35. The number of aromatic nitrogens is 2. The number of nitrogens with one attached hydrogen (secondary N) is 1. The largest absolute Gasteiger partial charge is 0.481 e. The van der Waals surface area contributed by atoms with Crippen molar-refractivity contribution in [1.82, 2.24) is 9.97 Å². The molecule has 0 spiro atoms.